The zero-order valence-corrected chi connectivity index (χ0v) is 17.1. The van der Waals surface area contributed by atoms with E-state index in [1.807, 2.05) is 6.92 Å². The SMILES string of the molecule is CCC1=CC2N=CC(S(=O)(=O)N3CCN(c4ccc(F)cc4F)CC3)=CC2=NC1=O. The number of halogens is 2. The number of hydrogen-bond donors (Lipinski definition) is 0. The van der Waals surface area contributed by atoms with E-state index in [1.54, 1.807) is 11.0 Å². The van der Waals surface area contributed by atoms with Crippen LogP contribution in [0.4, 0.5) is 14.5 Å². The molecule has 3 aliphatic rings. The van der Waals surface area contributed by atoms with E-state index in [9.17, 15) is 22.0 Å². The maximum Gasteiger partial charge on any atom is 0.272 e. The van der Waals surface area contributed by atoms with E-state index < -0.39 is 27.7 Å². The molecule has 7 nitrogen and oxygen atoms in total. The van der Waals surface area contributed by atoms with Gasteiger partial charge in [0.2, 0.25) is 10.0 Å². The average molecular weight is 434 g/mol. The molecule has 1 aromatic rings. The van der Waals surface area contributed by atoms with E-state index in [4.69, 9.17) is 0 Å². The largest absolute Gasteiger partial charge is 0.367 e. The second-order valence-corrected chi connectivity index (χ2v) is 9.08. The Morgan fingerprint density at radius 3 is 2.57 bits per heavy atom. The molecule has 0 radical (unpaired) electrons. The van der Waals surface area contributed by atoms with Crippen LogP contribution in [0.5, 0.6) is 0 Å². The molecule has 0 bridgehead atoms. The van der Waals surface area contributed by atoms with E-state index in [0.717, 1.165) is 6.07 Å². The van der Waals surface area contributed by atoms with Gasteiger partial charge in [0.15, 0.2) is 0 Å². The van der Waals surface area contributed by atoms with Crippen molar-refractivity contribution in [1.29, 1.82) is 0 Å². The molecule has 1 aromatic carbocycles. The van der Waals surface area contributed by atoms with Crippen LogP contribution < -0.4 is 4.90 Å². The van der Waals surface area contributed by atoms with Crippen LogP contribution in [0, 0.1) is 11.6 Å². The van der Waals surface area contributed by atoms with Crippen LogP contribution in [0.2, 0.25) is 0 Å². The molecule has 1 atom stereocenters. The van der Waals surface area contributed by atoms with E-state index in [2.05, 4.69) is 9.98 Å². The van der Waals surface area contributed by atoms with Crippen LogP contribution in [0.3, 0.4) is 0 Å². The molecule has 10 heteroatoms. The summed E-state index contributed by atoms with van der Waals surface area (Å²) in [6.07, 6.45) is 4.93. The number of piperazine rings is 1. The van der Waals surface area contributed by atoms with Crippen LogP contribution in [0.15, 0.2) is 50.8 Å². The highest BCUT2D eigenvalue weighted by Crippen LogP contribution is 2.25. The van der Waals surface area contributed by atoms with Gasteiger partial charge < -0.3 is 4.90 Å². The van der Waals surface area contributed by atoms with Crippen molar-refractivity contribution in [3.63, 3.8) is 0 Å². The van der Waals surface area contributed by atoms with Gasteiger partial charge in [-0.05, 0) is 30.7 Å². The number of rotatable bonds is 4. The lowest BCUT2D eigenvalue weighted by Crippen LogP contribution is -2.49. The third kappa shape index (κ3) is 3.72. The normalized spacial score (nSPS) is 22.4. The molecule has 3 aliphatic heterocycles. The number of anilines is 1. The molecule has 1 fully saturated rings. The van der Waals surface area contributed by atoms with Gasteiger partial charge in [-0.15, -0.1) is 0 Å². The number of amides is 1. The van der Waals surface area contributed by atoms with Crippen LogP contribution >= 0.6 is 0 Å². The highest BCUT2D eigenvalue weighted by atomic mass is 32.2. The molecular formula is C20H20F2N4O3S. The van der Waals surface area contributed by atoms with E-state index >= 15 is 0 Å². The van der Waals surface area contributed by atoms with Crippen molar-refractivity contribution in [2.75, 3.05) is 31.1 Å². The fourth-order valence-corrected chi connectivity index (χ4v) is 5.05. The monoisotopic (exact) mass is 434 g/mol. The Morgan fingerprint density at radius 1 is 1.17 bits per heavy atom. The van der Waals surface area contributed by atoms with Crippen molar-refractivity contribution < 1.29 is 22.0 Å². The molecule has 1 amide bonds. The van der Waals surface area contributed by atoms with Gasteiger partial charge in [-0.1, -0.05) is 6.92 Å². The van der Waals surface area contributed by atoms with Gasteiger partial charge in [0.25, 0.3) is 5.91 Å². The molecule has 0 spiro atoms. The van der Waals surface area contributed by atoms with Gasteiger partial charge in [-0.3, -0.25) is 9.79 Å². The number of carbonyl (C=O) groups is 1. The molecule has 1 unspecified atom stereocenters. The van der Waals surface area contributed by atoms with Crippen LogP contribution in [0.1, 0.15) is 13.3 Å². The van der Waals surface area contributed by atoms with E-state index in [-0.39, 0.29) is 42.7 Å². The quantitative estimate of drug-likeness (QED) is 0.727. The summed E-state index contributed by atoms with van der Waals surface area (Å²) in [5.41, 5.74) is 1.11. The molecule has 1 saturated heterocycles. The Bertz CT molecular complexity index is 1120. The third-order valence-electron chi connectivity index (χ3n) is 5.33. The first-order valence-corrected chi connectivity index (χ1v) is 11.0. The van der Waals surface area contributed by atoms with Crippen molar-refractivity contribution in [3.05, 3.63) is 52.5 Å². The topological polar surface area (TPSA) is 82.4 Å². The Kier molecular flexibility index (Phi) is 5.37. The number of hydrogen-bond acceptors (Lipinski definition) is 5. The molecule has 0 aliphatic carbocycles. The van der Waals surface area contributed by atoms with Gasteiger partial charge in [0.1, 0.15) is 22.6 Å². The van der Waals surface area contributed by atoms with Crippen LogP contribution in [0.25, 0.3) is 0 Å². The molecule has 158 valence electrons. The minimum absolute atomic E-state index is 0.0277. The lowest BCUT2D eigenvalue weighted by Gasteiger charge is -2.35. The number of dihydropyridines is 2. The molecule has 30 heavy (non-hydrogen) atoms. The van der Waals surface area contributed by atoms with Gasteiger partial charge in [-0.25, -0.2) is 22.2 Å². The number of fused-ring (bicyclic) bond motifs is 1. The second kappa shape index (κ2) is 7.84. The summed E-state index contributed by atoms with van der Waals surface area (Å²) < 4.78 is 54.5. The maximum absolute atomic E-state index is 14.0. The molecule has 3 heterocycles. The van der Waals surface area contributed by atoms with Gasteiger partial charge in [0.05, 0.1) is 11.4 Å². The molecule has 0 N–H and O–H groups in total. The third-order valence-corrected chi connectivity index (χ3v) is 7.19. The fourth-order valence-electron chi connectivity index (χ4n) is 3.64. The number of allylic oxidation sites excluding steroid dienone is 1. The van der Waals surface area contributed by atoms with Crippen molar-refractivity contribution in [2.24, 2.45) is 9.98 Å². The zero-order chi connectivity index (χ0) is 21.5. The summed E-state index contributed by atoms with van der Waals surface area (Å²) in [6, 6.07) is 2.88. The predicted molar refractivity (Wildman–Crippen MR) is 110 cm³/mol. The smallest absolute Gasteiger partial charge is 0.272 e. The predicted octanol–water partition coefficient (Wildman–Crippen LogP) is 2.07. The Hall–Kier alpha value is -2.72. The van der Waals surface area contributed by atoms with Crippen LogP contribution in [-0.4, -0.2) is 62.8 Å². The highest BCUT2D eigenvalue weighted by molar-refractivity contribution is 7.94. The summed E-state index contributed by atoms with van der Waals surface area (Å²) in [5, 5.41) is 0. The first-order chi connectivity index (χ1) is 14.3. The standard InChI is InChI=1S/C20H20F2N4O3S/c1-2-13-9-17-18(24-20(13)27)11-15(12-23-17)30(28,29)26-7-5-25(6-8-26)19-4-3-14(21)10-16(19)22/h3-4,9-12,17H,2,5-8H2,1H3. The Morgan fingerprint density at radius 2 is 1.90 bits per heavy atom. The van der Waals surface area contributed by atoms with E-state index in [1.165, 1.54) is 28.7 Å². The Balaban J connectivity index is 1.49. The summed E-state index contributed by atoms with van der Waals surface area (Å²) >= 11 is 0. The lowest BCUT2D eigenvalue weighted by molar-refractivity contribution is -0.114. The Labute approximate surface area is 173 Å². The minimum atomic E-state index is -3.84. The molecule has 4 rings (SSSR count). The average Bonchev–Trinajstić information content (AvgIpc) is 2.73. The number of carbonyl (C=O) groups excluding carboxylic acids is 1. The molecule has 0 aromatic heterocycles. The number of sulfonamides is 1. The maximum atomic E-state index is 14.0. The molecular weight excluding hydrogens is 414 g/mol. The van der Waals surface area contributed by atoms with Gasteiger partial charge in [-0.2, -0.15) is 4.31 Å². The van der Waals surface area contributed by atoms with E-state index in [0.29, 0.717) is 17.7 Å². The van der Waals surface area contributed by atoms with Crippen molar-refractivity contribution >= 4 is 33.5 Å². The van der Waals surface area contributed by atoms with Gasteiger partial charge in [0, 0.05) is 44.0 Å². The van der Waals surface area contributed by atoms with Crippen molar-refractivity contribution in [1.82, 2.24) is 4.31 Å². The van der Waals surface area contributed by atoms with Crippen LogP contribution in [-0.2, 0) is 14.8 Å². The van der Waals surface area contributed by atoms with Gasteiger partial charge >= 0.3 is 0 Å². The summed E-state index contributed by atoms with van der Waals surface area (Å²) in [6.45, 7) is 2.64. The first kappa shape index (κ1) is 20.5. The fraction of sp³-hybridized carbons (Fsp3) is 0.350. The number of aliphatic imine (C=N–C) groups is 2. The number of nitrogens with zero attached hydrogens (tertiary/aromatic N) is 4. The van der Waals surface area contributed by atoms with Crippen molar-refractivity contribution in [3.8, 4) is 0 Å². The zero-order valence-electron chi connectivity index (χ0n) is 16.3. The minimum Gasteiger partial charge on any atom is -0.367 e. The first-order valence-electron chi connectivity index (χ1n) is 9.58. The summed E-state index contributed by atoms with van der Waals surface area (Å²) in [7, 11) is -3.84. The summed E-state index contributed by atoms with van der Waals surface area (Å²) in [5.74, 6) is -1.72. The number of benzene rings is 1. The summed E-state index contributed by atoms with van der Waals surface area (Å²) in [4.78, 5) is 21.9. The lowest BCUT2D eigenvalue weighted by atomic mass is 10.0. The highest BCUT2D eigenvalue weighted by Gasteiger charge is 2.33. The second-order valence-electron chi connectivity index (χ2n) is 7.14. The molecule has 0 saturated carbocycles. The van der Waals surface area contributed by atoms with Crippen molar-refractivity contribution in [2.45, 2.75) is 19.4 Å².